The molecule has 0 heterocycles. The molecule has 1 aromatic rings. The second kappa shape index (κ2) is 8.17. The molecule has 0 spiro atoms. The number of aliphatic hydroxyl groups is 1. The Hall–Kier alpha value is -1.20. The molecule has 1 amide bonds. The SMILES string of the molecule is CCCC(CO)C(C(=O)NC)S(=O)c1ccc(C)cc1. The van der Waals surface area contributed by atoms with Crippen LogP contribution in [-0.2, 0) is 15.6 Å². The predicted octanol–water partition coefficient (Wildman–Crippen LogP) is 1.63. The van der Waals surface area contributed by atoms with Gasteiger partial charge in [-0.1, -0.05) is 31.0 Å². The van der Waals surface area contributed by atoms with E-state index in [0.717, 1.165) is 12.0 Å². The zero-order valence-corrected chi connectivity index (χ0v) is 13.1. The largest absolute Gasteiger partial charge is 0.396 e. The van der Waals surface area contributed by atoms with Crippen molar-refractivity contribution in [1.29, 1.82) is 0 Å². The van der Waals surface area contributed by atoms with Crippen molar-refractivity contribution in [3.63, 3.8) is 0 Å². The molecule has 0 aromatic heterocycles. The first-order valence-corrected chi connectivity index (χ1v) is 8.06. The molecule has 1 aromatic carbocycles. The van der Waals surface area contributed by atoms with E-state index in [9.17, 15) is 14.1 Å². The maximum atomic E-state index is 12.7. The van der Waals surface area contributed by atoms with Gasteiger partial charge in [-0.3, -0.25) is 9.00 Å². The molecule has 0 bridgehead atoms. The smallest absolute Gasteiger partial charge is 0.236 e. The summed E-state index contributed by atoms with van der Waals surface area (Å²) >= 11 is 0. The first-order chi connectivity index (χ1) is 9.54. The summed E-state index contributed by atoms with van der Waals surface area (Å²) in [5.41, 5.74) is 1.08. The molecule has 4 nitrogen and oxygen atoms in total. The summed E-state index contributed by atoms with van der Waals surface area (Å²) in [6, 6.07) is 7.31. The van der Waals surface area contributed by atoms with Crippen LogP contribution in [0.4, 0.5) is 0 Å². The average molecular weight is 297 g/mol. The van der Waals surface area contributed by atoms with Gasteiger partial charge in [0, 0.05) is 24.5 Å². The Bertz CT molecular complexity index is 459. The highest BCUT2D eigenvalue weighted by molar-refractivity contribution is 7.86. The zero-order valence-electron chi connectivity index (χ0n) is 12.3. The van der Waals surface area contributed by atoms with E-state index in [4.69, 9.17) is 0 Å². The van der Waals surface area contributed by atoms with Crippen molar-refractivity contribution in [2.45, 2.75) is 36.8 Å². The van der Waals surface area contributed by atoms with E-state index in [1.54, 1.807) is 12.1 Å². The summed E-state index contributed by atoms with van der Waals surface area (Å²) in [7, 11) is 0.0669. The quantitative estimate of drug-likeness (QED) is 0.804. The maximum Gasteiger partial charge on any atom is 0.236 e. The Morgan fingerprint density at radius 1 is 1.35 bits per heavy atom. The Morgan fingerprint density at radius 2 is 1.95 bits per heavy atom. The first-order valence-electron chi connectivity index (χ1n) is 6.84. The third-order valence-corrected chi connectivity index (χ3v) is 5.11. The second-order valence-corrected chi connectivity index (χ2v) is 6.45. The number of carbonyl (C=O) groups is 1. The van der Waals surface area contributed by atoms with Crippen molar-refractivity contribution in [2.75, 3.05) is 13.7 Å². The van der Waals surface area contributed by atoms with Crippen LogP contribution in [-0.4, -0.2) is 34.1 Å². The molecule has 0 saturated carbocycles. The van der Waals surface area contributed by atoms with Crippen LogP contribution < -0.4 is 5.32 Å². The van der Waals surface area contributed by atoms with Gasteiger partial charge < -0.3 is 10.4 Å². The van der Waals surface area contributed by atoms with Crippen LogP contribution in [0.1, 0.15) is 25.3 Å². The maximum absolute atomic E-state index is 12.7. The number of amides is 1. The molecule has 0 aliphatic rings. The van der Waals surface area contributed by atoms with Gasteiger partial charge >= 0.3 is 0 Å². The molecule has 112 valence electrons. The molecule has 2 N–H and O–H groups in total. The van der Waals surface area contributed by atoms with Gasteiger partial charge in [0.1, 0.15) is 5.25 Å². The van der Waals surface area contributed by atoms with Crippen LogP contribution in [0, 0.1) is 12.8 Å². The number of rotatable bonds is 7. The van der Waals surface area contributed by atoms with E-state index >= 15 is 0 Å². The van der Waals surface area contributed by atoms with Gasteiger partial charge in [0.25, 0.3) is 0 Å². The van der Waals surface area contributed by atoms with Crippen LogP contribution in [0.15, 0.2) is 29.2 Å². The predicted molar refractivity (Wildman–Crippen MR) is 80.9 cm³/mol. The van der Waals surface area contributed by atoms with Crippen molar-refractivity contribution in [1.82, 2.24) is 5.32 Å². The van der Waals surface area contributed by atoms with E-state index in [-0.39, 0.29) is 18.4 Å². The summed E-state index contributed by atoms with van der Waals surface area (Å²) in [6.07, 6.45) is 1.51. The van der Waals surface area contributed by atoms with Crippen molar-refractivity contribution in [3.8, 4) is 0 Å². The fourth-order valence-electron chi connectivity index (χ4n) is 2.16. The minimum Gasteiger partial charge on any atom is -0.396 e. The molecule has 5 heteroatoms. The monoisotopic (exact) mass is 297 g/mol. The van der Waals surface area contributed by atoms with Crippen LogP contribution in [0.2, 0.25) is 0 Å². The fraction of sp³-hybridized carbons (Fsp3) is 0.533. The van der Waals surface area contributed by atoms with Crippen molar-refractivity contribution in [3.05, 3.63) is 29.8 Å². The topological polar surface area (TPSA) is 66.4 Å². The Morgan fingerprint density at radius 3 is 2.40 bits per heavy atom. The Kier molecular flexibility index (Phi) is 6.88. The molecule has 0 saturated heterocycles. The van der Waals surface area contributed by atoms with Crippen LogP contribution >= 0.6 is 0 Å². The van der Waals surface area contributed by atoms with Gasteiger partial charge in [-0.05, 0) is 25.5 Å². The summed E-state index contributed by atoms with van der Waals surface area (Å²) in [4.78, 5) is 12.7. The number of benzene rings is 1. The lowest BCUT2D eigenvalue weighted by Gasteiger charge is -2.23. The Balaban J connectivity index is 3.06. The highest BCUT2D eigenvalue weighted by Gasteiger charge is 2.33. The Labute approximate surface area is 123 Å². The third-order valence-electron chi connectivity index (χ3n) is 3.31. The average Bonchev–Trinajstić information content (AvgIpc) is 2.46. The van der Waals surface area contributed by atoms with E-state index in [0.29, 0.717) is 11.3 Å². The van der Waals surface area contributed by atoms with Crippen LogP contribution in [0.25, 0.3) is 0 Å². The molecule has 3 atom stereocenters. The first kappa shape index (κ1) is 16.9. The van der Waals surface area contributed by atoms with Crippen molar-refractivity contribution >= 4 is 16.7 Å². The normalized spacial score (nSPS) is 15.4. The number of aliphatic hydroxyl groups excluding tert-OH is 1. The number of aryl methyl sites for hydroxylation is 1. The molecule has 0 radical (unpaired) electrons. The molecule has 0 fully saturated rings. The lowest BCUT2D eigenvalue weighted by molar-refractivity contribution is -0.121. The fourth-order valence-corrected chi connectivity index (χ4v) is 3.74. The number of hydrogen-bond acceptors (Lipinski definition) is 3. The molecule has 0 aliphatic carbocycles. The van der Waals surface area contributed by atoms with Crippen LogP contribution in [0.3, 0.4) is 0 Å². The second-order valence-electron chi connectivity index (χ2n) is 4.88. The van der Waals surface area contributed by atoms with Gasteiger partial charge in [0.2, 0.25) is 5.91 Å². The van der Waals surface area contributed by atoms with Crippen LogP contribution in [0.5, 0.6) is 0 Å². The van der Waals surface area contributed by atoms with E-state index in [1.165, 1.54) is 7.05 Å². The number of nitrogens with one attached hydrogen (secondary N) is 1. The van der Waals surface area contributed by atoms with Crippen molar-refractivity contribution in [2.24, 2.45) is 5.92 Å². The lowest BCUT2D eigenvalue weighted by atomic mass is 10.00. The number of hydrogen-bond donors (Lipinski definition) is 2. The minimum absolute atomic E-state index is 0.135. The molecular formula is C15H23NO3S. The van der Waals surface area contributed by atoms with E-state index < -0.39 is 16.0 Å². The van der Waals surface area contributed by atoms with E-state index in [1.807, 2.05) is 26.0 Å². The molecule has 3 unspecified atom stereocenters. The highest BCUT2D eigenvalue weighted by Crippen LogP contribution is 2.22. The molecule has 20 heavy (non-hydrogen) atoms. The summed E-state index contributed by atoms with van der Waals surface area (Å²) in [5, 5.41) is 11.3. The van der Waals surface area contributed by atoms with Crippen molar-refractivity contribution < 1.29 is 14.1 Å². The number of carbonyl (C=O) groups excluding carboxylic acids is 1. The zero-order chi connectivity index (χ0) is 15.1. The lowest BCUT2D eigenvalue weighted by Crippen LogP contribution is -2.42. The molecular weight excluding hydrogens is 274 g/mol. The standard InChI is InChI=1S/C15H23NO3S/c1-4-5-12(10-17)14(15(18)16-3)20(19)13-8-6-11(2)7-9-13/h6-9,12,14,17H,4-5,10H2,1-3H3,(H,16,18). The molecule has 0 aliphatic heterocycles. The highest BCUT2D eigenvalue weighted by atomic mass is 32.2. The van der Waals surface area contributed by atoms with Gasteiger partial charge in [-0.15, -0.1) is 0 Å². The van der Waals surface area contributed by atoms with Gasteiger partial charge in [0.05, 0.1) is 10.8 Å². The third kappa shape index (κ3) is 4.15. The summed E-state index contributed by atoms with van der Waals surface area (Å²) in [6.45, 7) is 3.80. The van der Waals surface area contributed by atoms with Gasteiger partial charge in [0.15, 0.2) is 0 Å². The summed E-state index contributed by atoms with van der Waals surface area (Å²) < 4.78 is 12.7. The van der Waals surface area contributed by atoms with Gasteiger partial charge in [-0.25, -0.2) is 0 Å². The summed E-state index contributed by atoms with van der Waals surface area (Å²) in [5.74, 6) is -0.571. The minimum atomic E-state index is -1.46. The molecule has 1 rings (SSSR count). The van der Waals surface area contributed by atoms with Gasteiger partial charge in [-0.2, -0.15) is 0 Å². The van der Waals surface area contributed by atoms with E-state index in [2.05, 4.69) is 5.32 Å².